The number of hydrogen-bond donors (Lipinski definition) is 4. The maximum Gasteiger partial charge on any atom is 0.317 e. The van der Waals surface area contributed by atoms with Crippen LogP contribution >= 0.6 is 0 Å². The molecule has 2 aromatic carbocycles. The number of carboxylic acid groups (broad SMARTS) is 2. The number of carboxylic acids is 2. The van der Waals surface area contributed by atoms with Gasteiger partial charge in [-0.05, 0) is 36.0 Å². The van der Waals surface area contributed by atoms with Crippen LogP contribution in [0.1, 0.15) is 29.5 Å². The predicted molar refractivity (Wildman–Crippen MR) is 190 cm³/mol. The van der Waals surface area contributed by atoms with Crippen LogP contribution in [0.4, 0.5) is 0 Å². The van der Waals surface area contributed by atoms with Crippen molar-refractivity contribution < 1.29 is 79.2 Å². The van der Waals surface area contributed by atoms with Crippen molar-refractivity contribution >= 4 is 23.5 Å². The molecule has 1 heterocycles. The molecule has 0 radical (unpaired) electrons. The standard InChI is InChI=1S/C37H53N5O8.Gd/c1-29(43)23-39-15-19-41(25-36(46)47)21-17-40(18-22-42(20-16-39)26-37(48)49)24-33(44)13-11-31-7-9-32(10-8-31)27-50-28-35(45)34(38)14-12-30-5-3-2-4-6-30;/h2-10,34,43H,1,11-28,38H2,(H,46,47)(H,48,49);/t34-;/m1./s1. The molecule has 0 aliphatic carbocycles. The topological polar surface area (TPSA) is 177 Å². The molecule has 14 heteroatoms. The van der Waals surface area contributed by atoms with E-state index in [0.717, 1.165) is 23.1 Å². The van der Waals surface area contributed by atoms with Gasteiger partial charge in [-0.3, -0.25) is 38.8 Å². The average Bonchev–Trinajstić information content (AvgIpc) is 3.07. The second-order valence-electron chi connectivity index (χ2n) is 12.9. The summed E-state index contributed by atoms with van der Waals surface area (Å²) in [6.45, 7) is 7.40. The van der Waals surface area contributed by atoms with E-state index in [1.54, 1.807) is 0 Å². The van der Waals surface area contributed by atoms with E-state index in [1.807, 2.05) is 74.2 Å². The number of aliphatic hydroxyl groups excluding tert-OH is 1. The van der Waals surface area contributed by atoms with Crippen LogP contribution in [0.15, 0.2) is 66.9 Å². The smallest absolute Gasteiger partial charge is 0.317 e. The summed E-state index contributed by atoms with van der Waals surface area (Å²) in [5, 5.41) is 28.7. The van der Waals surface area contributed by atoms with Gasteiger partial charge in [0.15, 0.2) is 5.78 Å². The molecule has 0 amide bonds. The largest absolute Gasteiger partial charge is 0.512 e. The number of rotatable bonds is 19. The Hall–Kier alpha value is -2.66. The van der Waals surface area contributed by atoms with Gasteiger partial charge >= 0.3 is 11.9 Å². The third-order valence-electron chi connectivity index (χ3n) is 8.68. The molecule has 1 fully saturated rings. The van der Waals surface area contributed by atoms with Crippen molar-refractivity contribution in [1.82, 2.24) is 19.6 Å². The Kier molecular flexibility index (Phi) is 21.4. The number of carbonyl (C=O) groups is 4. The number of nitrogens with zero attached hydrogens (tertiary/aromatic N) is 4. The zero-order valence-corrected chi connectivity index (χ0v) is 31.6. The van der Waals surface area contributed by atoms with E-state index in [-0.39, 0.29) is 96.7 Å². The van der Waals surface area contributed by atoms with Gasteiger partial charge < -0.3 is 25.8 Å². The summed E-state index contributed by atoms with van der Waals surface area (Å²) in [6.07, 6.45) is 2.16. The predicted octanol–water partition coefficient (Wildman–Crippen LogP) is 1.70. The van der Waals surface area contributed by atoms with Gasteiger partial charge in [-0.15, -0.1) is 0 Å². The second kappa shape index (κ2) is 24.6. The summed E-state index contributed by atoms with van der Waals surface area (Å²) in [7, 11) is 0. The monoisotopic (exact) mass is 853 g/mol. The normalized spacial score (nSPS) is 16.3. The van der Waals surface area contributed by atoms with E-state index in [1.165, 1.54) is 0 Å². The van der Waals surface area contributed by atoms with Gasteiger partial charge in [-0.2, -0.15) is 0 Å². The first-order valence-electron chi connectivity index (χ1n) is 17.2. The SMILES string of the molecule is C=C(O)CN1CCN(CC(=O)O)CCN(CC(=O)CCc2ccc(COCC(=O)[C@H](N)CCc3ccccc3)cc2)CCN(CC(=O)O)CC1.[Gd]. The number of ketones is 2. The van der Waals surface area contributed by atoms with Crippen molar-refractivity contribution in [2.75, 3.05) is 85.1 Å². The van der Waals surface area contributed by atoms with Crippen molar-refractivity contribution in [2.24, 2.45) is 5.73 Å². The zero-order chi connectivity index (χ0) is 36.3. The second-order valence-corrected chi connectivity index (χ2v) is 12.9. The maximum atomic E-state index is 13.1. The van der Waals surface area contributed by atoms with Gasteiger partial charge in [0.2, 0.25) is 0 Å². The third-order valence-corrected chi connectivity index (χ3v) is 8.68. The Morgan fingerprint density at radius 2 is 1.12 bits per heavy atom. The molecule has 0 bridgehead atoms. The molecule has 282 valence electrons. The first-order valence-corrected chi connectivity index (χ1v) is 17.2. The number of benzene rings is 2. The van der Waals surface area contributed by atoms with Gasteiger partial charge in [0.1, 0.15) is 12.4 Å². The molecule has 3 rings (SSSR count). The van der Waals surface area contributed by atoms with Gasteiger partial charge in [0.25, 0.3) is 0 Å². The van der Waals surface area contributed by atoms with E-state index in [4.69, 9.17) is 10.5 Å². The van der Waals surface area contributed by atoms with Crippen molar-refractivity contribution in [2.45, 2.75) is 38.3 Å². The first-order chi connectivity index (χ1) is 24.0. The molecule has 1 saturated heterocycles. The number of aliphatic hydroxyl groups is 1. The Morgan fingerprint density at radius 3 is 1.61 bits per heavy atom. The molecule has 1 atom stereocenters. The van der Waals surface area contributed by atoms with Gasteiger partial charge in [-0.25, -0.2) is 0 Å². The molecular weight excluding hydrogens is 800 g/mol. The van der Waals surface area contributed by atoms with Crippen molar-refractivity contribution in [1.29, 1.82) is 0 Å². The Balaban J connectivity index is 0.00000901. The molecule has 51 heavy (non-hydrogen) atoms. The quantitative estimate of drug-likeness (QED) is 0.151. The molecule has 0 aromatic heterocycles. The third kappa shape index (κ3) is 19.1. The van der Waals surface area contributed by atoms with Crippen LogP contribution in [0, 0.1) is 39.9 Å². The van der Waals surface area contributed by atoms with Gasteiger partial charge in [0, 0.05) is 98.7 Å². The minimum Gasteiger partial charge on any atom is -0.512 e. The van der Waals surface area contributed by atoms with Crippen LogP contribution in [-0.2, 0) is 43.4 Å². The molecule has 0 saturated carbocycles. The van der Waals surface area contributed by atoms with E-state index in [2.05, 4.69) is 6.58 Å². The first kappa shape index (κ1) is 44.5. The van der Waals surface area contributed by atoms with E-state index in [0.29, 0.717) is 71.6 Å². The molecule has 5 N–H and O–H groups in total. The van der Waals surface area contributed by atoms with Crippen LogP contribution < -0.4 is 5.73 Å². The minimum atomic E-state index is -0.949. The summed E-state index contributed by atoms with van der Waals surface area (Å²) >= 11 is 0. The summed E-state index contributed by atoms with van der Waals surface area (Å²) < 4.78 is 5.63. The van der Waals surface area contributed by atoms with Crippen LogP contribution in [0.25, 0.3) is 0 Å². The number of ether oxygens (including phenoxy) is 1. The molecule has 0 unspecified atom stereocenters. The fraction of sp³-hybridized carbons (Fsp3) is 0.514. The number of carbonyl (C=O) groups excluding carboxylic acids is 2. The molecule has 13 nitrogen and oxygen atoms in total. The maximum absolute atomic E-state index is 13.1. The van der Waals surface area contributed by atoms with Gasteiger partial charge in [-0.1, -0.05) is 61.2 Å². The average molecular weight is 853 g/mol. The van der Waals surface area contributed by atoms with E-state index < -0.39 is 18.0 Å². The molecule has 1 aliphatic rings. The Morgan fingerprint density at radius 1 is 0.667 bits per heavy atom. The van der Waals surface area contributed by atoms with Crippen LogP contribution in [0.5, 0.6) is 0 Å². The fourth-order valence-electron chi connectivity index (χ4n) is 5.77. The van der Waals surface area contributed by atoms with Crippen LogP contribution in [0.3, 0.4) is 0 Å². The zero-order valence-electron chi connectivity index (χ0n) is 29.3. The fourth-order valence-corrected chi connectivity index (χ4v) is 5.77. The van der Waals surface area contributed by atoms with Crippen LogP contribution in [-0.4, -0.2) is 150 Å². The number of aliphatic carboxylic acids is 2. The van der Waals surface area contributed by atoms with Crippen LogP contribution in [0.2, 0.25) is 0 Å². The molecule has 0 spiro atoms. The Labute approximate surface area is 333 Å². The Bertz CT molecular complexity index is 1350. The summed E-state index contributed by atoms with van der Waals surface area (Å²) in [5.74, 6) is -2.01. The van der Waals surface area contributed by atoms with Crippen molar-refractivity contribution in [3.63, 3.8) is 0 Å². The number of aryl methyl sites for hydroxylation is 2. The summed E-state index contributed by atoms with van der Waals surface area (Å²) in [6, 6.07) is 17.0. The minimum absolute atomic E-state index is 0. The van der Waals surface area contributed by atoms with Crippen molar-refractivity contribution in [3.05, 3.63) is 83.6 Å². The number of nitrogens with two attached hydrogens (primary N) is 1. The number of hydrogen-bond acceptors (Lipinski definition) is 11. The van der Waals surface area contributed by atoms with Gasteiger partial charge in [0.05, 0.1) is 44.6 Å². The summed E-state index contributed by atoms with van der Waals surface area (Å²) in [5.41, 5.74) is 9.11. The number of Topliss-reactive ketones (excluding diaryl/α,β-unsaturated/α-hetero) is 2. The van der Waals surface area contributed by atoms with Crippen molar-refractivity contribution in [3.8, 4) is 0 Å². The summed E-state index contributed by atoms with van der Waals surface area (Å²) in [4.78, 5) is 56.1. The molecule has 2 aromatic rings. The molecular formula is C37H53GdN5O8. The van der Waals surface area contributed by atoms with E-state index >= 15 is 0 Å². The van der Waals surface area contributed by atoms with E-state index in [9.17, 15) is 34.5 Å². The molecule has 1 aliphatic heterocycles.